The van der Waals surface area contributed by atoms with Gasteiger partial charge in [0.2, 0.25) is 0 Å². The van der Waals surface area contributed by atoms with E-state index < -0.39 is 0 Å². The topological polar surface area (TPSA) is 64.9 Å². The molecule has 16 heavy (non-hydrogen) atoms. The van der Waals surface area contributed by atoms with Gasteiger partial charge in [0.15, 0.2) is 5.82 Å². The fraction of sp³-hybridized carbons (Fsp3) is 0.900. The van der Waals surface area contributed by atoms with Crippen LogP contribution in [0.5, 0.6) is 0 Å². The molecule has 0 amide bonds. The Hall–Kier alpha value is -1.01. The van der Waals surface area contributed by atoms with Gasteiger partial charge >= 0.3 is 0 Å². The highest BCUT2D eigenvalue weighted by Crippen LogP contribution is 1.99. The van der Waals surface area contributed by atoms with E-state index in [0.717, 1.165) is 38.2 Å². The highest BCUT2D eigenvalue weighted by atomic mass is 16.5. The number of methoxy groups -OCH3 is 1. The Bertz CT molecular complexity index is 288. The van der Waals surface area contributed by atoms with Gasteiger partial charge in [0.25, 0.3) is 0 Å². The number of hydrogen-bond donors (Lipinski definition) is 1. The predicted molar refractivity (Wildman–Crippen MR) is 61.1 cm³/mol. The summed E-state index contributed by atoms with van der Waals surface area (Å²) in [7, 11) is 3.50. The summed E-state index contributed by atoms with van der Waals surface area (Å²) in [5.41, 5.74) is 0. The minimum atomic E-state index is 0.369. The third-order valence-electron chi connectivity index (χ3n) is 2.32. The van der Waals surface area contributed by atoms with Crippen LogP contribution in [-0.4, -0.2) is 46.5 Å². The second-order valence-corrected chi connectivity index (χ2v) is 3.84. The van der Waals surface area contributed by atoms with Crippen LogP contribution in [-0.2, 0) is 18.2 Å². The van der Waals surface area contributed by atoms with E-state index in [9.17, 15) is 0 Å². The third kappa shape index (κ3) is 4.67. The molecule has 0 spiro atoms. The molecule has 0 aromatic carbocycles. The summed E-state index contributed by atoms with van der Waals surface area (Å²) in [6, 6.07) is 0.369. The van der Waals surface area contributed by atoms with E-state index in [2.05, 4.69) is 27.7 Å². The van der Waals surface area contributed by atoms with Gasteiger partial charge < -0.3 is 10.1 Å². The SMILES string of the molecule is CCCNC(CCc1nnn(C)n1)COC. The average molecular weight is 227 g/mol. The maximum absolute atomic E-state index is 5.17. The van der Waals surface area contributed by atoms with Crippen LogP contribution >= 0.6 is 0 Å². The number of nitrogens with one attached hydrogen (secondary N) is 1. The molecule has 1 aromatic heterocycles. The second kappa shape index (κ2) is 7.29. The first kappa shape index (κ1) is 13.1. The maximum atomic E-state index is 5.17. The van der Waals surface area contributed by atoms with Gasteiger partial charge in [-0.25, -0.2) is 0 Å². The zero-order chi connectivity index (χ0) is 11.8. The zero-order valence-electron chi connectivity index (χ0n) is 10.3. The Morgan fingerprint density at radius 3 is 2.88 bits per heavy atom. The molecule has 0 saturated heterocycles. The van der Waals surface area contributed by atoms with E-state index in [1.54, 1.807) is 14.2 Å². The highest BCUT2D eigenvalue weighted by molar-refractivity contribution is 4.80. The number of hydrogen-bond acceptors (Lipinski definition) is 5. The fourth-order valence-electron chi connectivity index (χ4n) is 1.52. The molecule has 0 aliphatic carbocycles. The van der Waals surface area contributed by atoms with E-state index in [1.165, 1.54) is 4.80 Å². The van der Waals surface area contributed by atoms with E-state index in [-0.39, 0.29) is 0 Å². The third-order valence-corrected chi connectivity index (χ3v) is 2.32. The Kier molecular flexibility index (Phi) is 5.95. The molecule has 0 radical (unpaired) electrons. The molecule has 6 nitrogen and oxygen atoms in total. The monoisotopic (exact) mass is 227 g/mol. The van der Waals surface area contributed by atoms with Crippen molar-refractivity contribution in [2.45, 2.75) is 32.2 Å². The summed E-state index contributed by atoms with van der Waals surface area (Å²) in [5, 5.41) is 15.4. The Labute approximate surface area is 96.4 Å². The summed E-state index contributed by atoms with van der Waals surface area (Å²) < 4.78 is 5.17. The quantitative estimate of drug-likeness (QED) is 0.685. The first-order chi connectivity index (χ1) is 7.76. The molecular formula is C10H21N5O. The highest BCUT2D eigenvalue weighted by Gasteiger charge is 2.09. The van der Waals surface area contributed by atoms with Crippen molar-refractivity contribution in [3.8, 4) is 0 Å². The van der Waals surface area contributed by atoms with Crippen LogP contribution in [0.25, 0.3) is 0 Å². The minimum absolute atomic E-state index is 0.369. The lowest BCUT2D eigenvalue weighted by Crippen LogP contribution is -2.34. The largest absolute Gasteiger partial charge is 0.383 e. The van der Waals surface area contributed by atoms with Gasteiger partial charge in [-0.1, -0.05) is 6.92 Å². The maximum Gasteiger partial charge on any atom is 0.174 e. The fourth-order valence-corrected chi connectivity index (χ4v) is 1.52. The summed E-state index contributed by atoms with van der Waals surface area (Å²) in [5.74, 6) is 0.793. The van der Waals surface area contributed by atoms with Crippen LogP contribution in [0.3, 0.4) is 0 Å². The molecule has 1 N–H and O–H groups in total. The minimum Gasteiger partial charge on any atom is -0.383 e. The number of aromatic nitrogens is 4. The number of ether oxygens (including phenoxy) is 1. The molecule has 92 valence electrons. The van der Waals surface area contributed by atoms with Crippen molar-refractivity contribution < 1.29 is 4.74 Å². The molecule has 0 saturated carbocycles. The van der Waals surface area contributed by atoms with Gasteiger partial charge in [-0.05, 0) is 24.6 Å². The molecule has 1 rings (SSSR count). The second-order valence-electron chi connectivity index (χ2n) is 3.84. The number of aryl methyl sites for hydroxylation is 2. The Morgan fingerprint density at radius 2 is 2.31 bits per heavy atom. The van der Waals surface area contributed by atoms with Crippen molar-refractivity contribution >= 4 is 0 Å². The molecular weight excluding hydrogens is 206 g/mol. The molecule has 1 unspecified atom stereocenters. The van der Waals surface area contributed by atoms with Crippen molar-refractivity contribution in [1.29, 1.82) is 0 Å². The molecule has 6 heteroatoms. The van der Waals surface area contributed by atoms with Crippen LogP contribution in [0.15, 0.2) is 0 Å². The number of nitrogens with zero attached hydrogens (tertiary/aromatic N) is 4. The zero-order valence-corrected chi connectivity index (χ0v) is 10.3. The van der Waals surface area contributed by atoms with Gasteiger partial charge in [0, 0.05) is 19.6 Å². The van der Waals surface area contributed by atoms with Crippen molar-refractivity contribution in [2.24, 2.45) is 7.05 Å². The van der Waals surface area contributed by atoms with Gasteiger partial charge in [0.1, 0.15) is 0 Å². The van der Waals surface area contributed by atoms with Crippen molar-refractivity contribution in [1.82, 2.24) is 25.5 Å². The van der Waals surface area contributed by atoms with Crippen LogP contribution in [0, 0.1) is 0 Å². The van der Waals surface area contributed by atoms with Crippen molar-refractivity contribution in [3.05, 3.63) is 5.82 Å². The number of rotatable bonds is 8. The van der Waals surface area contributed by atoms with Crippen LogP contribution in [0.4, 0.5) is 0 Å². The Morgan fingerprint density at radius 1 is 1.50 bits per heavy atom. The number of tetrazole rings is 1. The molecule has 0 aliphatic rings. The average Bonchev–Trinajstić information content (AvgIpc) is 2.68. The lowest BCUT2D eigenvalue weighted by atomic mass is 10.1. The molecule has 1 aromatic rings. The summed E-state index contributed by atoms with van der Waals surface area (Å²) >= 11 is 0. The molecule has 0 bridgehead atoms. The van der Waals surface area contributed by atoms with Gasteiger partial charge in [0.05, 0.1) is 13.7 Å². The summed E-state index contributed by atoms with van der Waals surface area (Å²) in [4.78, 5) is 1.49. The molecule has 0 aliphatic heterocycles. The van der Waals surface area contributed by atoms with Gasteiger partial charge in [-0.3, -0.25) is 0 Å². The normalized spacial score (nSPS) is 12.9. The lowest BCUT2D eigenvalue weighted by molar-refractivity contribution is 0.162. The van der Waals surface area contributed by atoms with Gasteiger partial charge in [-0.15, -0.1) is 10.2 Å². The summed E-state index contributed by atoms with van der Waals surface area (Å²) in [6.07, 6.45) is 2.93. The smallest absolute Gasteiger partial charge is 0.174 e. The van der Waals surface area contributed by atoms with Crippen LogP contribution < -0.4 is 5.32 Å². The summed E-state index contributed by atoms with van der Waals surface area (Å²) in [6.45, 7) is 3.89. The Balaban J connectivity index is 2.30. The van der Waals surface area contributed by atoms with Crippen LogP contribution in [0.1, 0.15) is 25.6 Å². The molecule has 0 fully saturated rings. The first-order valence-electron chi connectivity index (χ1n) is 5.71. The van der Waals surface area contributed by atoms with Crippen molar-refractivity contribution in [3.63, 3.8) is 0 Å². The predicted octanol–water partition coefficient (Wildman–Crippen LogP) is 0.157. The van der Waals surface area contributed by atoms with Crippen LogP contribution in [0.2, 0.25) is 0 Å². The standard InChI is InChI=1S/C10H21N5O/c1-4-7-11-9(8-16-3)5-6-10-12-14-15(2)13-10/h9,11H,4-8H2,1-3H3. The van der Waals surface area contributed by atoms with E-state index >= 15 is 0 Å². The van der Waals surface area contributed by atoms with E-state index in [0.29, 0.717) is 6.04 Å². The lowest BCUT2D eigenvalue weighted by Gasteiger charge is -2.16. The van der Waals surface area contributed by atoms with Gasteiger partial charge in [-0.2, -0.15) is 4.80 Å². The first-order valence-corrected chi connectivity index (χ1v) is 5.71. The van der Waals surface area contributed by atoms with Crippen molar-refractivity contribution in [2.75, 3.05) is 20.3 Å². The molecule has 1 heterocycles. The van der Waals surface area contributed by atoms with E-state index in [1.807, 2.05) is 0 Å². The molecule has 1 atom stereocenters. The van der Waals surface area contributed by atoms with E-state index in [4.69, 9.17) is 4.74 Å².